The Kier molecular flexibility index (Phi) is 8.57. The van der Waals surface area contributed by atoms with Crippen molar-refractivity contribution < 1.29 is 49.8 Å². The van der Waals surface area contributed by atoms with Gasteiger partial charge in [0.15, 0.2) is 6.61 Å². The molecule has 0 saturated carbocycles. The first-order valence-corrected chi connectivity index (χ1v) is 11.0. The van der Waals surface area contributed by atoms with Crippen molar-refractivity contribution >= 4 is 23.2 Å². The van der Waals surface area contributed by atoms with E-state index in [0.29, 0.717) is 11.1 Å². The third kappa shape index (κ3) is 8.34. The summed E-state index contributed by atoms with van der Waals surface area (Å²) in [5, 5.41) is 6.42. The molecule has 3 rings (SSSR count). The fourth-order valence-corrected chi connectivity index (χ4v) is 3.52. The van der Waals surface area contributed by atoms with Crippen LogP contribution in [0.3, 0.4) is 0 Å². The molecule has 0 aliphatic rings. The minimum absolute atomic E-state index is 0.0826. The molecule has 2 amide bonds. The Hall–Kier alpha value is -3.88. The zero-order valence-corrected chi connectivity index (χ0v) is 19.2. The van der Waals surface area contributed by atoms with E-state index in [1.807, 2.05) is 0 Å². The number of hydrogen-bond donors (Lipinski definition) is 2. The number of carbonyl (C=O) groups is 2. The molecule has 2 aromatic carbocycles. The topological polar surface area (TPSA) is 89.6 Å². The van der Waals surface area contributed by atoms with Gasteiger partial charge in [-0.15, -0.1) is 24.5 Å². The molecule has 0 unspecified atom stereocenters. The van der Waals surface area contributed by atoms with Crippen LogP contribution in [0.25, 0.3) is 0 Å². The molecule has 198 valence electrons. The maximum Gasteiger partial charge on any atom is 0.573 e. The number of amides is 2. The monoisotopic (exact) mass is 551 g/mol. The lowest BCUT2D eigenvalue weighted by Crippen LogP contribution is -2.28. The number of rotatable bonds is 9. The number of hydrogen-bond acceptors (Lipinski definition) is 6. The molecular formula is C22H16F7N3O4S. The number of nitrogens with one attached hydrogen (secondary N) is 2. The molecule has 0 spiro atoms. The first-order chi connectivity index (χ1) is 17.3. The van der Waals surface area contributed by atoms with Gasteiger partial charge in [-0.2, -0.15) is 13.2 Å². The SMILES string of the molecule is O=C(COc1ccc(OC(F)(F)F)cc1)NCc1nc(C(=O)NCc2cccc(C(F)(F)F)c2F)cs1. The van der Waals surface area contributed by atoms with Crippen molar-refractivity contribution in [1.82, 2.24) is 15.6 Å². The van der Waals surface area contributed by atoms with Gasteiger partial charge in [0.2, 0.25) is 0 Å². The predicted octanol–water partition coefficient (Wildman–Crippen LogP) is 4.82. The van der Waals surface area contributed by atoms with Crippen LogP contribution in [0, 0.1) is 5.82 Å². The number of ether oxygens (including phenoxy) is 2. The summed E-state index contributed by atoms with van der Waals surface area (Å²) >= 11 is 1.01. The van der Waals surface area contributed by atoms with Gasteiger partial charge in [0.05, 0.1) is 12.1 Å². The molecule has 37 heavy (non-hydrogen) atoms. The number of carbonyl (C=O) groups excluding carboxylic acids is 2. The molecular weight excluding hydrogens is 535 g/mol. The van der Waals surface area contributed by atoms with Crippen LogP contribution >= 0.6 is 11.3 Å². The lowest BCUT2D eigenvalue weighted by Gasteiger charge is -2.11. The Morgan fingerprint density at radius 3 is 2.24 bits per heavy atom. The number of alkyl halides is 6. The molecule has 1 aromatic heterocycles. The van der Waals surface area contributed by atoms with E-state index in [-0.39, 0.29) is 23.6 Å². The summed E-state index contributed by atoms with van der Waals surface area (Å²) in [6.45, 7) is -1.04. The second kappa shape index (κ2) is 11.5. The van der Waals surface area contributed by atoms with Crippen LogP contribution in [0.1, 0.15) is 26.6 Å². The molecule has 0 saturated heterocycles. The summed E-state index contributed by atoms with van der Waals surface area (Å²) in [5.74, 6) is -3.16. The first-order valence-electron chi connectivity index (χ1n) is 10.1. The smallest absolute Gasteiger partial charge is 0.484 e. The van der Waals surface area contributed by atoms with Gasteiger partial charge in [0, 0.05) is 17.5 Å². The van der Waals surface area contributed by atoms with Crippen molar-refractivity contribution in [3.8, 4) is 11.5 Å². The molecule has 0 atom stereocenters. The Morgan fingerprint density at radius 2 is 1.59 bits per heavy atom. The number of halogens is 7. The molecule has 3 aromatic rings. The molecule has 7 nitrogen and oxygen atoms in total. The Morgan fingerprint density at radius 1 is 0.919 bits per heavy atom. The van der Waals surface area contributed by atoms with E-state index in [1.54, 1.807) is 0 Å². The zero-order valence-electron chi connectivity index (χ0n) is 18.4. The van der Waals surface area contributed by atoms with Crippen LogP contribution in [0.15, 0.2) is 47.8 Å². The zero-order chi connectivity index (χ0) is 27.2. The average molecular weight is 551 g/mol. The van der Waals surface area contributed by atoms with E-state index in [4.69, 9.17) is 4.74 Å². The van der Waals surface area contributed by atoms with E-state index in [0.717, 1.165) is 35.6 Å². The highest BCUT2D eigenvalue weighted by molar-refractivity contribution is 7.09. The van der Waals surface area contributed by atoms with Gasteiger partial charge in [-0.1, -0.05) is 12.1 Å². The lowest BCUT2D eigenvalue weighted by molar-refractivity contribution is -0.274. The molecule has 0 bridgehead atoms. The Bertz CT molecular complexity index is 1240. The van der Waals surface area contributed by atoms with Crippen molar-refractivity contribution in [2.45, 2.75) is 25.6 Å². The van der Waals surface area contributed by atoms with Gasteiger partial charge in [0.25, 0.3) is 11.8 Å². The van der Waals surface area contributed by atoms with Crippen molar-refractivity contribution in [1.29, 1.82) is 0 Å². The van der Waals surface area contributed by atoms with Crippen molar-refractivity contribution in [2.75, 3.05) is 6.61 Å². The maximum absolute atomic E-state index is 14.1. The molecule has 0 fully saturated rings. The molecule has 15 heteroatoms. The summed E-state index contributed by atoms with van der Waals surface area (Å²) in [6, 6.07) is 7.14. The van der Waals surface area contributed by atoms with Gasteiger partial charge in [0.1, 0.15) is 28.0 Å². The van der Waals surface area contributed by atoms with Crippen LogP contribution in [0.4, 0.5) is 30.7 Å². The highest BCUT2D eigenvalue weighted by Gasteiger charge is 2.34. The third-order valence-electron chi connectivity index (χ3n) is 4.47. The molecule has 0 aliphatic carbocycles. The van der Waals surface area contributed by atoms with Gasteiger partial charge < -0.3 is 20.1 Å². The van der Waals surface area contributed by atoms with E-state index < -0.39 is 54.6 Å². The second-order valence-electron chi connectivity index (χ2n) is 7.17. The molecule has 0 radical (unpaired) electrons. The largest absolute Gasteiger partial charge is 0.573 e. The van der Waals surface area contributed by atoms with Crippen LogP contribution < -0.4 is 20.1 Å². The Balaban J connectivity index is 1.45. The standard InChI is InChI=1S/C22H16F7N3O4S/c23-19-12(2-1-3-15(19)21(24,25)26)8-31-20(34)16-11-37-18(32-16)9-30-17(33)10-35-13-4-6-14(7-5-13)36-22(27,28)29/h1-7,11H,8-10H2,(H,30,33)(H,31,34). The maximum atomic E-state index is 14.1. The number of nitrogens with zero attached hydrogens (tertiary/aromatic N) is 1. The van der Waals surface area contributed by atoms with Gasteiger partial charge >= 0.3 is 12.5 Å². The van der Waals surface area contributed by atoms with Crippen molar-refractivity contribution in [3.63, 3.8) is 0 Å². The van der Waals surface area contributed by atoms with Gasteiger partial charge in [-0.25, -0.2) is 9.37 Å². The van der Waals surface area contributed by atoms with Gasteiger partial charge in [-0.05, 0) is 30.3 Å². The number of thiazole rings is 1. The van der Waals surface area contributed by atoms with E-state index in [1.165, 1.54) is 17.5 Å². The first kappa shape index (κ1) is 27.7. The highest BCUT2D eigenvalue weighted by atomic mass is 32.1. The van der Waals surface area contributed by atoms with Crippen molar-refractivity contribution in [3.05, 3.63) is 75.5 Å². The van der Waals surface area contributed by atoms with E-state index >= 15 is 0 Å². The second-order valence-corrected chi connectivity index (χ2v) is 8.11. The summed E-state index contributed by atoms with van der Waals surface area (Å²) in [6.07, 6.45) is -9.71. The summed E-state index contributed by atoms with van der Waals surface area (Å²) < 4.78 is 97.9. The van der Waals surface area contributed by atoms with Crippen LogP contribution in [-0.2, 0) is 24.1 Å². The number of benzene rings is 2. The predicted molar refractivity (Wildman–Crippen MR) is 115 cm³/mol. The summed E-state index contributed by atoms with van der Waals surface area (Å²) in [5.41, 5.74) is -1.88. The molecule has 2 N–H and O–H groups in total. The van der Waals surface area contributed by atoms with E-state index in [9.17, 15) is 40.3 Å². The van der Waals surface area contributed by atoms with Crippen LogP contribution in [0.5, 0.6) is 11.5 Å². The van der Waals surface area contributed by atoms with E-state index in [2.05, 4.69) is 20.4 Å². The van der Waals surface area contributed by atoms with Crippen LogP contribution in [-0.4, -0.2) is 29.8 Å². The third-order valence-corrected chi connectivity index (χ3v) is 5.32. The highest BCUT2D eigenvalue weighted by Crippen LogP contribution is 2.32. The normalized spacial score (nSPS) is 11.6. The van der Waals surface area contributed by atoms with Gasteiger partial charge in [-0.3, -0.25) is 9.59 Å². The van der Waals surface area contributed by atoms with Crippen molar-refractivity contribution in [2.24, 2.45) is 0 Å². The summed E-state index contributed by atoms with van der Waals surface area (Å²) in [7, 11) is 0. The minimum atomic E-state index is -4.88. The van der Waals surface area contributed by atoms with Crippen LogP contribution in [0.2, 0.25) is 0 Å². The molecule has 0 aliphatic heterocycles. The number of aromatic nitrogens is 1. The lowest BCUT2D eigenvalue weighted by atomic mass is 10.1. The Labute approximate surface area is 208 Å². The quantitative estimate of drug-likeness (QED) is 0.372. The average Bonchev–Trinajstić information content (AvgIpc) is 3.29. The summed E-state index contributed by atoms with van der Waals surface area (Å²) in [4.78, 5) is 28.2. The fourth-order valence-electron chi connectivity index (χ4n) is 2.81. The minimum Gasteiger partial charge on any atom is -0.484 e. The fraction of sp³-hybridized carbons (Fsp3) is 0.227. The molecule has 1 heterocycles.